The van der Waals surface area contributed by atoms with Gasteiger partial charge in [0.1, 0.15) is 0 Å². The Kier molecular flexibility index (Phi) is 29.6. The number of nitrogens with zero attached hydrogens (tertiary/aromatic N) is 2. The molecule has 2 aromatic carbocycles. The molecule has 0 fully saturated rings. The summed E-state index contributed by atoms with van der Waals surface area (Å²) in [6.07, 6.45) is 38.8. The van der Waals surface area contributed by atoms with Crippen LogP contribution in [0.25, 0.3) is 0 Å². The van der Waals surface area contributed by atoms with Crippen molar-refractivity contribution in [1.82, 2.24) is 0 Å². The third-order valence-electron chi connectivity index (χ3n) is 9.36. The molecule has 2 nitrogen and oxygen atoms in total. The zero-order valence-corrected chi connectivity index (χ0v) is 32.4. The fourth-order valence-corrected chi connectivity index (χ4v) is 6.34. The van der Waals surface area contributed by atoms with Crippen LogP contribution < -0.4 is 0 Å². The third-order valence-corrected chi connectivity index (χ3v) is 9.36. The summed E-state index contributed by atoms with van der Waals surface area (Å²) in [5.74, 6) is 0. The normalized spacial score (nSPS) is 12.1. The van der Waals surface area contributed by atoms with Gasteiger partial charge in [0, 0.05) is 16.5 Å². The minimum atomic E-state index is 0. The Morgan fingerprint density at radius 1 is 0.458 bits per heavy atom. The molecule has 0 saturated heterocycles. The van der Waals surface area contributed by atoms with Gasteiger partial charge >= 0.3 is 0 Å². The smallest absolute Gasteiger partial charge is 0.0665 e. The molecule has 0 unspecified atom stereocenters. The average molecular weight is 700 g/mol. The van der Waals surface area contributed by atoms with E-state index in [4.69, 9.17) is 9.98 Å². The number of hydrogen-bond donors (Lipinski definition) is 0. The van der Waals surface area contributed by atoms with E-state index in [1.54, 1.807) is 0 Å². The van der Waals surface area contributed by atoms with Crippen molar-refractivity contribution in [2.24, 2.45) is 9.98 Å². The molecule has 0 heterocycles. The van der Waals surface area contributed by atoms with Crippen molar-refractivity contribution in [3.05, 3.63) is 72.3 Å². The fourth-order valence-electron chi connectivity index (χ4n) is 6.34. The van der Waals surface area contributed by atoms with Gasteiger partial charge in [-0.25, -0.2) is 0 Å². The van der Waals surface area contributed by atoms with Gasteiger partial charge in [-0.15, -0.1) is 0 Å². The van der Waals surface area contributed by atoms with Crippen LogP contribution in [0, 0.1) is 0 Å². The summed E-state index contributed by atoms with van der Waals surface area (Å²) in [5.41, 5.74) is 5.88. The zero-order chi connectivity index (χ0) is 33.5. The molecule has 2 rings (SSSR count). The molecule has 0 aliphatic heterocycles. The van der Waals surface area contributed by atoms with Crippen LogP contribution in [-0.2, 0) is 22.9 Å². The third kappa shape index (κ3) is 22.6. The Bertz CT molecular complexity index is 1090. The van der Waals surface area contributed by atoms with E-state index in [2.05, 4.69) is 87.5 Å². The Morgan fingerprint density at radius 2 is 0.917 bits per heavy atom. The molecule has 0 amide bonds. The summed E-state index contributed by atoms with van der Waals surface area (Å²) < 4.78 is 0. The Labute approximate surface area is 308 Å². The first kappa shape index (κ1) is 44.0. The largest absolute Gasteiger partial charge is 0.252 e. The number of benzene rings is 2. The molecule has 0 aromatic heterocycles. The van der Waals surface area contributed by atoms with Crippen LogP contribution >= 0.6 is 0 Å². The Morgan fingerprint density at radius 3 is 1.52 bits per heavy atom. The van der Waals surface area contributed by atoms with Crippen LogP contribution in [0.1, 0.15) is 187 Å². The van der Waals surface area contributed by atoms with Crippen molar-refractivity contribution >= 4 is 22.8 Å². The molecule has 0 aliphatic rings. The first-order valence-corrected chi connectivity index (χ1v) is 20.2. The molecule has 0 N–H and O–H groups in total. The van der Waals surface area contributed by atoms with E-state index in [1.165, 1.54) is 152 Å². The molecular weight excluding hydrogens is 627 g/mol. The summed E-state index contributed by atoms with van der Waals surface area (Å²) in [5, 5.41) is 0. The second-order valence-electron chi connectivity index (χ2n) is 13.7. The molecule has 0 atom stereocenters. The molecule has 0 radical (unpaired) electrons. The van der Waals surface area contributed by atoms with E-state index in [-0.39, 0.29) is 16.5 Å². The van der Waals surface area contributed by atoms with Crippen molar-refractivity contribution in [3.63, 3.8) is 0 Å². The van der Waals surface area contributed by atoms with E-state index in [0.717, 1.165) is 43.5 Å². The Balaban J connectivity index is 0.0000115. The van der Waals surface area contributed by atoms with Gasteiger partial charge in [-0.3, -0.25) is 9.98 Å². The molecule has 3 heteroatoms. The number of hydrogen-bond acceptors (Lipinski definition) is 2. The average Bonchev–Trinajstić information content (AvgIpc) is 3.10. The number of unbranched alkanes of at least 4 members (excludes halogenated alkanes) is 19. The minimum Gasteiger partial charge on any atom is -0.252 e. The van der Waals surface area contributed by atoms with Gasteiger partial charge in [0.05, 0.1) is 22.8 Å². The van der Waals surface area contributed by atoms with Gasteiger partial charge in [-0.1, -0.05) is 185 Å². The van der Waals surface area contributed by atoms with Crippen LogP contribution in [-0.4, -0.2) is 11.4 Å². The molecule has 0 spiro atoms. The number of allylic oxidation sites excluding steroid dienone is 2. The first-order chi connectivity index (χ1) is 23.3. The predicted molar refractivity (Wildman–Crippen MR) is 212 cm³/mol. The van der Waals surface area contributed by atoms with Crippen molar-refractivity contribution in [2.45, 2.75) is 188 Å². The van der Waals surface area contributed by atoms with Crippen molar-refractivity contribution in [1.29, 1.82) is 0 Å². The molecule has 0 bridgehead atoms. The van der Waals surface area contributed by atoms with Gasteiger partial charge in [0.25, 0.3) is 0 Å². The predicted octanol–water partition coefficient (Wildman–Crippen LogP) is 15.4. The second kappa shape index (κ2) is 32.2. The topological polar surface area (TPSA) is 24.7 Å². The standard InChI is InChI=1S/C45H72N2.Ni/c1-4-7-10-12-13-14-15-16-17-18-19-20-21-22-23-24-25-26-28-34-41-35-32-33-39-43(41)47-45(38-9-6-3)44(40-31-11-8-5-2)46-42-36-29-27-30-37-42;/h25-27,29-30,32-33,35-37,39H,4-24,28,31,34,38,40H2,1-3H3;. The SMILES string of the molecule is CCCCCCCCCCCCCCCCCC=CCCc1ccccc1N=C(CCCC)C(CCCCCC)=Nc1ccccc1.[Ni]. The van der Waals surface area contributed by atoms with Crippen molar-refractivity contribution in [2.75, 3.05) is 0 Å². The monoisotopic (exact) mass is 699 g/mol. The quantitative estimate of drug-likeness (QED) is 0.0336. The molecule has 0 saturated carbocycles. The fraction of sp³-hybridized carbons (Fsp3) is 0.644. The van der Waals surface area contributed by atoms with E-state index in [9.17, 15) is 0 Å². The van der Waals surface area contributed by atoms with Crippen molar-refractivity contribution in [3.8, 4) is 0 Å². The van der Waals surface area contributed by atoms with Crippen LogP contribution in [0.5, 0.6) is 0 Å². The number of para-hydroxylation sites is 2. The van der Waals surface area contributed by atoms with Crippen LogP contribution in [0.3, 0.4) is 0 Å². The van der Waals surface area contributed by atoms with E-state index < -0.39 is 0 Å². The number of aryl methyl sites for hydroxylation is 1. The van der Waals surface area contributed by atoms with Crippen LogP contribution in [0.4, 0.5) is 11.4 Å². The van der Waals surface area contributed by atoms with Gasteiger partial charge in [-0.2, -0.15) is 0 Å². The molecular formula is C45H72N2Ni. The van der Waals surface area contributed by atoms with Crippen LogP contribution in [0.2, 0.25) is 0 Å². The van der Waals surface area contributed by atoms with Gasteiger partial charge in [-0.05, 0) is 75.1 Å². The van der Waals surface area contributed by atoms with E-state index >= 15 is 0 Å². The summed E-state index contributed by atoms with van der Waals surface area (Å²) in [7, 11) is 0. The van der Waals surface area contributed by atoms with Gasteiger partial charge in [0.2, 0.25) is 0 Å². The maximum atomic E-state index is 5.35. The molecule has 2 aromatic rings. The van der Waals surface area contributed by atoms with Crippen LogP contribution in [0.15, 0.2) is 76.7 Å². The van der Waals surface area contributed by atoms with Crippen molar-refractivity contribution < 1.29 is 16.5 Å². The molecule has 48 heavy (non-hydrogen) atoms. The number of rotatable bonds is 30. The maximum Gasteiger partial charge on any atom is 0.0665 e. The van der Waals surface area contributed by atoms with E-state index in [0.29, 0.717) is 0 Å². The Hall–Kier alpha value is -1.99. The second-order valence-corrected chi connectivity index (χ2v) is 13.7. The van der Waals surface area contributed by atoms with Gasteiger partial charge in [0.15, 0.2) is 0 Å². The summed E-state index contributed by atoms with van der Waals surface area (Å²) in [6.45, 7) is 6.85. The summed E-state index contributed by atoms with van der Waals surface area (Å²) in [4.78, 5) is 10.5. The van der Waals surface area contributed by atoms with E-state index in [1.807, 2.05) is 0 Å². The minimum absolute atomic E-state index is 0. The maximum absolute atomic E-state index is 5.35. The molecule has 0 aliphatic carbocycles. The first-order valence-electron chi connectivity index (χ1n) is 20.2. The summed E-state index contributed by atoms with van der Waals surface area (Å²) >= 11 is 0. The summed E-state index contributed by atoms with van der Waals surface area (Å²) in [6, 6.07) is 19.2. The van der Waals surface area contributed by atoms with Gasteiger partial charge < -0.3 is 0 Å². The zero-order valence-electron chi connectivity index (χ0n) is 31.4. The molecule has 272 valence electrons. The number of aliphatic imine (C=N–C) groups is 2.